The van der Waals surface area contributed by atoms with Crippen LogP contribution >= 0.6 is 0 Å². The Morgan fingerprint density at radius 3 is 2.63 bits per heavy atom. The van der Waals surface area contributed by atoms with Crippen LogP contribution in [0.1, 0.15) is 18.9 Å². The topological polar surface area (TPSA) is 68.3 Å². The second-order valence-electron chi connectivity index (χ2n) is 4.04. The summed E-state index contributed by atoms with van der Waals surface area (Å²) in [5, 5.41) is 6.41. The lowest BCUT2D eigenvalue weighted by Gasteiger charge is -2.12. The molecule has 0 fully saturated rings. The number of hydrogen-bond donors (Lipinski definition) is 2. The van der Waals surface area contributed by atoms with Gasteiger partial charge in [-0.25, -0.2) is 9.97 Å². The second kappa shape index (κ2) is 9.52. The smallest absolute Gasteiger partial charge is 0.134 e. The van der Waals surface area contributed by atoms with Crippen molar-refractivity contribution in [3.8, 4) is 0 Å². The zero-order valence-corrected chi connectivity index (χ0v) is 12.0. The first-order chi connectivity index (χ1) is 9.33. The number of anilines is 2. The normalized spacial score (nSPS) is 10.5. The average molecular weight is 268 g/mol. The Hall–Kier alpha value is -1.40. The van der Waals surface area contributed by atoms with E-state index in [0.29, 0.717) is 13.2 Å². The number of nitrogens with zero attached hydrogens (tertiary/aromatic N) is 2. The number of rotatable bonds is 10. The molecule has 19 heavy (non-hydrogen) atoms. The molecule has 1 rings (SSSR count). The highest BCUT2D eigenvalue weighted by molar-refractivity contribution is 5.56. The van der Waals surface area contributed by atoms with Gasteiger partial charge >= 0.3 is 0 Å². The van der Waals surface area contributed by atoms with E-state index in [9.17, 15) is 0 Å². The van der Waals surface area contributed by atoms with Crippen LogP contribution in [-0.2, 0) is 15.9 Å². The Balaban J connectivity index is 2.33. The van der Waals surface area contributed by atoms with Crippen molar-refractivity contribution in [1.82, 2.24) is 9.97 Å². The van der Waals surface area contributed by atoms with Crippen LogP contribution in [0.25, 0.3) is 0 Å². The molecular formula is C13H24N4O2. The van der Waals surface area contributed by atoms with Gasteiger partial charge in [0.15, 0.2) is 0 Å². The molecule has 0 aliphatic heterocycles. The van der Waals surface area contributed by atoms with E-state index in [2.05, 4.69) is 27.5 Å². The predicted molar refractivity (Wildman–Crippen MR) is 76.8 cm³/mol. The Morgan fingerprint density at radius 1 is 1.16 bits per heavy atom. The number of ether oxygens (including phenoxy) is 2. The molecule has 0 aromatic carbocycles. The Bertz CT molecular complexity index is 360. The van der Waals surface area contributed by atoms with Gasteiger partial charge in [0.25, 0.3) is 0 Å². The van der Waals surface area contributed by atoms with Gasteiger partial charge in [-0.3, -0.25) is 0 Å². The SMILES string of the molecule is CCc1c(NC)ncnc1NCCCOCCOC. The Labute approximate surface area is 114 Å². The largest absolute Gasteiger partial charge is 0.382 e. The first-order valence-electron chi connectivity index (χ1n) is 6.65. The number of nitrogens with one attached hydrogen (secondary N) is 2. The molecule has 0 saturated heterocycles. The summed E-state index contributed by atoms with van der Waals surface area (Å²) in [5.74, 6) is 1.79. The fourth-order valence-corrected chi connectivity index (χ4v) is 1.74. The summed E-state index contributed by atoms with van der Waals surface area (Å²) in [5.41, 5.74) is 1.12. The van der Waals surface area contributed by atoms with Gasteiger partial charge in [0, 0.05) is 32.9 Å². The van der Waals surface area contributed by atoms with Crippen molar-refractivity contribution in [2.24, 2.45) is 0 Å². The van der Waals surface area contributed by atoms with Crippen molar-refractivity contribution in [3.05, 3.63) is 11.9 Å². The first-order valence-corrected chi connectivity index (χ1v) is 6.65. The summed E-state index contributed by atoms with van der Waals surface area (Å²) < 4.78 is 10.3. The van der Waals surface area contributed by atoms with E-state index in [1.165, 1.54) is 0 Å². The molecule has 1 aromatic heterocycles. The van der Waals surface area contributed by atoms with Crippen molar-refractivity contribution in [2.45, 2.75) is 19.8 Å². The molecule has 0 unspecified atom stereocenters. The van der Waals surface area contributed by atoms with Gasteiger partial charge in [0.1, 0.15) is 18.0 Å². The van der Waals surface area contributed by atoms with Gasteiger partial charge in [0.05, 0.1) is 13.2 Å². The molecule has 1 heterocycles. The van der Waals surface area contributed by atoms with Crippen molar-refractivity contribution < 1.29 is 9.47 Å². The van der Waals surface area contributed by atoms with E-state index in [1.54, 1.807) is 13.4 Å². The molecule has 108 valence electrons. The minimum atomic E-state index is 0.644. The van der Waals surface area contributed by atoms with Crippen LogP contribution in [-0.4, -0.2) is 50.5 Å². The standard InChI is InChI=1S/C13H24N4O2/c1-4-11-12(14-2)16-10-17-13(11)15-6-5-7-19-9-8-18-3/h10H,4-9H2,1-3H3,(H2,14,15,16,17). The quantitative estimate of drug-likeness (QED) is 0.627. The Kier molecular flexibility index (Phi) is 7.84. The number of hydrogen-bond acceptors (Lipinski definition) is 6. The summed E-state index contributed by atoms with van der Waals surface area (Å²) in [6.07, 6.45) is 3.40. The Morgan fingerprint density at radius 2 is 1.95 bits per heavy atom. The van der Waals surface area contributed by atoms with E-state index in [0.717, 1.165) is 43.2 Å². The fourth-order valence-electron chi connectivity index (χ4n) is 1.74. The molecule has 2 N–H and O–H groups in total. The maximum Gasteiger partial charge on any atom is 0.134 e. The summed E-state index contributed by atoms with van der Waals surface area (Å²) >= 11 is 0. The molecule has 0 bridgehead atoms. The summed E-state index contributed by atoms with van der Waals surface area (Å²) in [7, 11) is 3.54. The maximum atomic E-state index is 5.40. The molecule has 0 aliphatic rings. The van der Waals surface area contributed by atoms with E-state index < -0.39 is 0 Å². The van der Waals surface area contributed by atoms with Crippen molar-refractivity contribution in [1.29, 1.82) is 0 Å². The number of methoxy groups -OCH3 is 1. The van der Waals surface area contributed by atoms with Crippen molar-refractivity contribution in [3.63, 3.8) is 0 Å². The molecule has 0 radical (unpaired) electrons. The van der Waals surface area contributed by atoms with E-state index in [4.69, 9.17) is 9.47 Å². The summed E-state index contributed by atoms with van der Waals surface area (Å²) in [6.45, 7) is 4.94. The third kappa shape index (κ3) is 5.40. The zero-order valence-electron chi connectivity index (χ0n) is 12.0. The molecule has 0 amide bonds. The minimum absolute atomic E-state index is 0.644. The lowest BCUT2D eigenvalue weighted by Crippen LogP contribution is -2.11. The monoisotopic (exact) mass is 268 g/mol. The molecule has 1 aromatic rings. The lowest BCUT2D eigenvalue weighted by molar-refractivity contribution is 0.0705. The van der Waals surface area contributed by atoms with Gasteiger partial charge in [0.2, 0.25) is 0 Å². The van der Waals surface area contributed by atoms with Crippen LogP contribution in [0.2, 0.25) is 0 Å². The fraction of sp³-hybridized carbons (Fsp3) is 0.692. The van der Waals surface area contributed by atoms with E-state index in [-0.39, 0.29) is 0 Å². The number of aromatic nitrogens is 2. The van der Waals surface area contributed by atoms with Gasteiger partial charge < -0.3 is 20.1 Å². The molecule has 0 aliphatic carbocycles. The van der Waals surface area contributed by atoms with Crippen LogP contribution in [0.15, 0.2) is 6.33 Å². The molecule has 6 heteroatoms. The van der Waals surface area contributed by atoms with Crippen LogP contribution in [0, 0.1) is 0 Å². The average Bonchev–Trinajstić information content (AvgIpc) is 2.45. The van der Waals surface area contributed by atoms with Gasteiger partial charge in [-0.1, -0.05) is 6.92 Å². The van der Waals surface area contributed by atoms with Gasteiger partial charge in [-0.15, -0.1) is 0 Å². The van der Waals surface area contributed by atoms with E-state index >= 15 is 0 Å². The molecule has 0 spiro atoms. The lowest BCUT2D eigenvalue weighted by atomic mass is 10.2. The third-order valence-corrected chi connectivity index (χ3v) is 2.73. The molecular weight excluding hydrogens is 244 g/mol. The third-order valence-electron chi connectivity index (χ3n) is 2.73. The molecule has 6 nitrogen and oxygen atoms in total. The predicted octanol–water partition coefficient (Wildman–Crippen LogP) is 1.55. The minimum Gasteiger partial charge on any atom is -0.382 e. The van der Waals surface area contributed by atoms with E-state index in [1.807, 2.05) is 7.05 Å². The first kappa shape index (κ1) is 15.7. The summed E-state index contributed by atoms with van der Waals surface area (Å²) in [6, 6.07) is 0. The van der Waals surface area contributed by atoms with Gasteiger partial charge in [-0.2, -0.15) is 0 Å². The molecule has 0 atom stereocenters. The zero-order chi connectivity index (χ0) is 13.9. The van der Waals surface area contributed by atoms with Crippen LogP contribution in [0.4, 0.5) is 11.6 Å². The second-order valence-corrected chi connectivity index (χ2v) is 4.04. The van der Waals surface area contributed by atoms with Crippen molar-refractivity contribution >= 4 is 11.6 Å². The van der Waals surface area contributed by atoms with Gasteiger partial charge in [-0.05, 0) is 12.8 Å². The highest BCUT2D eigenvalue weighted by Crippen LogP contribution is 2.19. The maximum absolute atomic E-state index is 5.40. The highest BCUT2D eigenvalue weighted by atomic mass is 16.5. The van der Waals surface area contributed by atoms with Crippen molar-refractivity contribution in [2.75, 3.05) is 51.2 Å². The summed E-state index contributed by atoms with van der Waals surface area (Å²) in [4.78, 5) is 8.49. The van der Waals surface area contributed by atoms with Crippen LogP contribution in [0.3, 0.4) is 0 Å². The highest BCUT2D eigenvalue weighted by Gasteiger charge is 2.07. The molecule has 0 saturated carbocycles. The van der Waals surface area contributed by atoms with Crippen LogP contribution < -0.4 is 10.6 Å². The van der Waals surface area contributed by atoms with Crippen LogP contribution in [0.5, 0.6) is 0 Å².